The lowest BCUT2D eigenvalue weighted by Gasteiger charge is -2.24. The van der Waals surface area contributed by atoms with Crippen molar-refractivity contribution >= 4 is 56.5 Å². The summed E-state index contributed by atoms with van der Waals surface area (Å²) in [6.07, 6.45) is 0. The Kier molecular flexibility index (Phi) is 8.19. The largest absolute Gasteiger partial charge is 0.462 e. The number of nitrogens with zero attached hydrogens (tertiary/aromatic N) is 1. The molecule has 1 amide bonds. The highest BCUT2D eigenvalue weighted by atomic mass is 35.5. The Hall–Kier alpha value is -3.07. The van der Waals surface area contributed by atoms with Crippen LogP contribution < -0.4 is 9.62 Å². The smallest absolute Gasteiger partial charge is 0.338 e. The molecular formula is C24H22Cl2N2O5S. The van der Waals surface area contributed by atoms with Crippen LogP contribution in [0.1, 0.15) is 22.8 Å². The van der Waals surface area contributed by atoms with Crippen molar-refractivity contribution in [1.29, 1.82) is 0 Å². The molecule has 0 saturated heterocycles. The molecule has 3 rings (SSSR count). The van der Waals surface area contributed by atoms with Crippen molar-refractivity contribution in [2.45, 2.75) is 18.7 Å². The van der Waals surface area contributed by atoms with E-state index >= 15 is 0 Å². The maximum atomic E-state index is 13.4. The van der Waals surface area contributed by atoms with E-state index in [0.717, 1.165) is 9.87 Å². The maximum absolute atomic E-state index is 13.4. The summed E-state index contributed by atoms with van der Waals surface area (Å²) in [6, 6.07) is 16.6. The highest BCUT2D eigenvalue weighted by molar-refractivity contribution is 7.92. The zero-order valence-electron chi connectivity index (χ0n) is 18.4. The number of carbonyl (C=O) groups is 2. The number of esters is 1. The SMILES string of the molecule is CCOC(=O)c1ccc(NC(=O)CN(c2cc(Cl)cc(Cl)c2)S(=O)(=O)c2ccc(C)cc2)cc1. The van der Waals surface area contributed by atoms with Crippen molar-refractivity contribution in [3.63, 3.8) is 0 Å². The molecule has 0 bridgehead atoms. The monoisotopic (exact) mass is 520 g/mol. The normalized spacial score (nSPS) is 11.1. The first kappa shape index (κ1) is 25.6. The number of nitrogens with one attached hydrogen (secondary N) is 1. The standard InChI is InChI=1S/C24H22Cl2N2O5S/c1-3-33-24(30)17-6-8-20(9-7-17)27-23(29)15-28(21-13-18(25)12-19(26)14-21)34(31,32)22-10-4-16(2)5-11-22/h4-14H,3,15H2,1-2H3,(H,27,29). The van der Waals surface area contributed by atoms with E-state index in [-0.39, 0.29) is 27.2 Å². The summed E-state index contributed by atoms with van der Waals surface area (Å²) in [5, 5.41) is 3.09. The van der Waals surface area contributed by atoms with Gasteiger partial charge in [0.1, 0.15) is 6.54 Å². The number of hydrogen-bond acceptors (Lipinski definition) is 5. The summed E-state index contributed by atoms with van der Waals surface area (Å²) in [6.45, 7) is 3.25. The van der Waals surface area contributed by atoms with Crippen molar-refractivity contribution in [1.82, 2.24) is 0 Å². The molecule has 3 aromatic rings. The number of rotatable bonds is 8. The second-order valence-electron chi connectivity index (χ2n) is 7.30. The van der Waals surface area contributed by atoms with E-state index in [0.29, 0.717) is 11.3 Å². The number of aryl methyl sites for hydroxylation is 1. The molecule has 0 fully saturated rings. The molecule has 0 unspecified atom stereocenters. The molecule has 0 aliphatic carbocycles. The number of sulfonamides is 1. The summed E-state index contributed by atoms with van der Waals surface area (Å²) < 4.78 is 32.8. The van der Waals surface area contributed by atoms with Crippen molar-refractivity contribution in [2.24, 2.45) is 0 Å². The Labute approximate surface area is 208 Å². The van der Waals surface area contributed by atoms with Crippen molar-refractivity contribution in [3.05, 3.63) is 87.9 Å². The predicted octanol–water partition coefficient (Wildman–Crippen LogP) is 5.31. The molecule has 0 saturated carbocycles. The molecule has 0 radical (unpaired) electrons. The van der Waals surface area contributed by atoms with Crippen LogP contribution in [-0.2, 0) is 19.6 Å². The Bertz CT molecular complexity index is 1270. The molecule has 34 heavy (non-hydrogen) atoms. The second-order valence-corrected chi connectivity index (χ2v) is 10.0. The fourth-order valence-corrected chi connectivity index (χ4v) is 4.99. The summed E-state index contributed by atoms with van der Waals surface area (Å²) in [7, 11) is -4.12. The van der Waals surface area contributed by atoms with Crippen LogP contribution in [0.15, 0.2) is 71.6 Å². The van der Waals surface area contributed by atoms with Gasteiger partial charge in [-0.15, -0.1) is 0 Å². The van der Waals surface area contributed by atoms with E-state index < -0.39 is 28.4 Å². The van der Waals surface area contributed by atoms with Crippen molar-refractivity contribution in [3.8, 4) is 0 Å². The van der Waals surface area contributed by atoms with Gasteiger partial charge in [0.2, 0.25) is 5.91 Å². The molecule has 3 aromatic carbocycles. The Morgan fingerprint density at radius 2 is 1.53 bits per heavy atom. The molecule has 7 nitrogen and oxygen atoms in total. The molecule has 0 heterocycles. The Balaban J connectivity index is 1.89. The number of hydrogen-bond donors (Lipinski definition) is 1. The minimum absolute atomic E-state index is 0.0146. The number of halogens is 2. The van der Waals surface area contributed by atoms with E-state index in [4.69, 9.17) is 27.9 Å². The van der Waals surface area contributed by atoms with Gasteiger partial charge < -0.3 is 10.1 Å². The molecule has 0 spiro atoms. The molecule has 0 aromatic heterocycles. The van der Waals surface area contributed by atoms with Gasteiger partial charge in [-0.05, 0) is 68.4 Å². The average molecular weight is 521 g/mol. The first-order valence-electron chi connectivity index (χ1n) is 10.2. The van der Waals surface area contributed by atoms with E-state index in [1.807, 2.05) is 6.92 Å². The van der Waals surface area contributed by atoms with Crippen molar-refractivity contribution in [2.75, 3.05) is 22.8 Å². The van der Waals surface area contributed by atoms with Crippen LogP contribution in [0.4, 0.5) is 11.4 Å². The lowest BCUT2D eigenvalue weighted by atomic mass is 10.2. The molecule has 1 N–H and O–H groups in total. The van der Waals surface area contributed by atoms with Crippen LogP contribution >= 0.6 is 23.2 Å². The summed E-state index contributed by atoms with van der Waals surface area (Å²) >= 11 is 12.2. The number of ether oxygens (including phenoxy) is 1. The van der Waals surface area contributed by atoms with Gasteiger partial charge in [0.25, 0.3) is 10.0 Å². The van der Waals surface area contributed by atoms with Crippen LogP contribution in [-0.4, -0.2) is 33.4 Å². The fourth-order valence-electron chi connectivity index (χ4n) is 3.07. The van der Waals surface area contributed by atoms with Gasteiger partial charge >= 0.3 is 5.97 Å². The highest BCUT2D eigenvalue weighted by Crippen LogP contribution is 2.30. The number of anilines is 2. The third kappa shape index (κ3) is 6.28. The predicted molar refractivity (Wildman–Crippen MR) is 133 cm³/mol. The number of benzene rings is 3. The molecule has 0 aliphatic heterocycles. The Morgan fingerprint density at radius 3 is 2.09 bits per heavy atom. The molecule has 0 atom stereocenters. The minimum Gasteiger partial charge on any atom is -0.462 e. The first-order chi connectivity index (χ1) is 16.1. The van der Waals surface area contributed by atoms with Crippen LogP contribution in [0.3, 0.4) is 0 Å². The lowest BCUT2D eigenvalue weighted by Crippen LogP contribution is -2.38. The number of amides is 1. The minimum atomic E-state index is -4.12. The van der Waals surface area contributed by atoms with Crippen LogP contribution in [0.25, 0.3) is 0 Å². The summed E-state index contributed by atoms with van der Waals surface area (Å²) in [4.78, 5) is 24.7. The van der Waals surface area contributed by atoms with Gasteiger partial charge in [-0.25, -0.2) is 13.2 Å². The highest BCUT2D eigenvalue weighted by Gasteiger charge is 2.28. The molecule has 0 aliphatic rings. The molecule has 178 valence electrons. The van der Waals surface area contributed by atoms with Gasteiger partial charge in [-0.2, -0.15) is 0 Å². The molecular weight excluding hydrogens is 499 g/mol. The first-order valence-corrected chi connectivity index (χ1v) is 12.4. The second kappa shape index (κ2) is 10.9. The van der Waals surface area contributed by atoms with E-state index in [1.165, 1.54) is 54.6 Å². The van der Waals surface area contributed by atoms with Crippen LogP contribution in [0.5, 0.6) is 0 Å². The third-order valence-corrected chi connectivity index (χ3v) is 6.94. The molecule has 10 heteroatoms. The van der Waals surface area contributed by atoms with E-state index in [2.05, 4.69) is 5.32 Å². The maximum Gasteiger partial charge on any atom is 0.338 e. The van der Waals surface area contributed by atoms with Crippen molar-refractivity contribution < 1.29 is 22.7 Å². The van der Waals surface area contributed by atoms with Gasteiger partial charge in [0.05, 0.1) is 22.8 Å². The zero-order chi connectivity index (χ0) is 24.9. The van der Waals surface area contributed by atoms with Crippen LogP contribution in [0, 0.1) is 6.92 Å². The summed E-state index contributed by atoms with van der Waals surface area (Å²) in [5.41, 5.74) is 1.75. The Morgan fingerprint density at radius 1 is 0.941 bits per heavy atom. The van der Waals surface area contributed by atoms with Crippen LogP contribution in [0.2, 0.25) is 10.0 Å². The third-order valence-electron chi connectivity index (χ3n) is 4.71. The zero-order valence-corrected chi connectivity index (χ0v) is 20.7. The number of carbonyl (C=O) groups excluding carboxylic acids is 2. The quantitative estimate of drug-likeness (QED) is 0.406. The van der Waals surface area contributed by atoms with Gasteiger partial charge in [0.15, 0.2) is 0 Å². The van der Waals surface area contributed by atoms with E-state index in [1.54, 1.807) is 19.1 Å². The fraction of sp³-hybridized carbons (Fsp3) is 0.167. The lowest BCUT2D eigenvalue weighted by molar-refractivity contribution is -0.114. The van der Waals surface area contributed by atoms with E-state index in [9.17, 15) is 18.0 Å². The van der Waals surface area contributed by atoms with Gasteiger partial charge in [0, 0.05) is 15.7 Å². The van der Waals surface area contributed by atoms with Gasteiger partial charge in [-0.3, -0.25) is 9.10 Å². The topological polar surface area (TPSA) is 92.8 Å². The average Bonchev–Trinajstić information content (AvgIpc) is 2.77. The summed E-state index contributed by atoms with van der Waals surface area (Å²) in [5.74, 6) is -1.08. The van der Waals surface area contributed by atoms with Gasteiger partial charge in [-0.1, -0.05) is 40.9 Å².